The van der Waals surface area contributed by atoms with Crippen molar-refractivity contribution < 1.29 is 4.79 Å². The van der Waals surface area contributed by atoms with Crippen molar-refractivity contribution in [3.05, 3.63) is 84.1 Å². The van der Waals surface area contributed by atoms with Crippen molar-refractivity contribution in [2.45, 2.75) is 6.92 Å². The van der Waals surface area contributed by atoms with Crippen molar-refractivity contribution in [2.75, 3.05) is 5.32 Å². The molecule has 0 aliphatic carbocycles. The number of amides is 1. The van der Waals surface area contributed by atoms with E-state index in [0.29, 0.717) is 10.7 Å². The standard InChI is InChI=1S/C19H15BrClN3O3/c1-10-11(12-6-3-7-14(20)16(12)21)5-4-8-15(10)23-17(25)13-9-22-19(27)24(2)18(13)26/h3-9H,1-2H3,(H,22,27)(H,23,25). The van der Waals surface area contributed by atoms with E-state index in [1.165, 1.54) is 7.05 Å². The summed E-state index contributed by atoms with van der Waals surface area (Å²) in [5.41, 5.74) is 1.61. The monoisotopic (exact) mass is 447 g/mol. The highest BCUT2D eigenvalue weighted by molar-refractivity contribution is 9.10. The Morgan fingerprint density at radius 2 is 1.81 bits per heavy atom. The molecular weight excluding hydrogens is 434 g/mol. The molecule has 1 heterocycles. The second kappa shape index (κ2) is 7.54. The number of nitrogens with one attached hydrogen (secondary N) is 2. The molecule has 8 heteroatoms. The second-order valence-corrected chi connectivity index (χ2v) is 7.14. The van der Waals surface area contributed by atoms with Crippen LogP contribution in [0.15, 0.2) is 56.7 Å². The first-order valence-electron chi connectivity index (χ1n) is 7.95. The lowest BCUT2D eigenvalue weighted by Gasteiger charge is -2.14. The Balaban J connectivity index is 2.01. The van der Waals surface area contributed by atoms with Crippen LogP contribution in [0.2, 0.25) is 5.02 Å². The van der Waals surface area contributed by atoms with Crippen molar-refractivity contribution in [1.82, 2.24) is 9.55 Å². The van der Waals surface area contributed by atoms with E-state index in [0.717, 1.165) is 31.9 Å². The third-order valence-corrected chi connectivity index (χ3v) is 5.54. The molecule has 0 saturated carbocycles. The van der Waals surface area contributed by atoms with Gasteiger partial charge in [-0.25, -0.2) is 4.79 Å². The van der Waals surface area contributed by atoms with Gasteiger partial charge >= 0.3 is 5.69 Å². The fourth-order valence-electron chi connectivity index (χ4n) is 2.69. The zero-order valence-electron chi connectivity index (χ0n) is 14.5. The van der Waals surface area contributed by atoms with Crippen LogP contribution in [0.4, 0.5) is 5.69 Å². The molecule has 0 bridgehead atoms. The van der Waals surface area contributed by atoms with E-state index in [1.807, 2.05) is 31.2 Å². The third kappa shape index (κ3) is 3.61. The van der Waals surface area contributed by atoms with Gasteiger partial charge in [0.15, 0.2) is 0 Å². The van der Waals surface area contributed by atoms with Gasteiger partial charge < -0.3 is 10.3 Å². The highest BCUT2D eigenvalue weighted by Gasteiger charge is 2.16. The normalized spacial score (nSPS) is 10.7. The lowest BCUT2D eigenvalue weighted by Crippen LogP contribution is -2.37. The molecule has 0 fully saturated rings. The van der Waals surface area contributed by atoms with Gasteiger partial charge in [0.2, 0.25) is 0 Å². The number of rotatable bonds is 3. The van der Waals surface area contributed by atoms with Gasteiger partial charge in [0.05, 0.1) is 5.02 Å². The van der Waals surface area contributed by atoms with Crippen molar-refractivity contribution in [3.63, 3.8) is 0 Å². The van der Waals surface area contributed by atoms with Gasteiger partial charge in [0.25, 0.3) is 11.5 Å². The lowest BCUT2D eigenvalue weighted by atomic mass is 9.99. The Bertz CT molecular complexity index is 1170. The number of aromatic nitrogens is 2. The molecule has 138 valence electrons. The van der Waals surface area contributed by atoms with E-state index in [9.17, 15) is 14.4 Å². The Labute approximate surface area is 167 Å². The first-order valence-corrected chi connectivity index (χ1v) is 9.12. The third-order valence-electron chi connectivity index (χ3n) is 4.25. The summed E-state index contributed by atoms with van der Waals surface area (Å²) >= 11 is 9.80. The van der Waals surface area contributed by atoms with Gasteiger partial charge in [0, 0.05) is 29.0 Å². The predicted octanol–water partition coefficient (Wildman–Crippen LogP) is 3.72. The van der Waals surface area contributed by atoms with Gasteiger partial charge in [-0.05, 0) is 46.1 Å². The number of carbonyl (C=O) groups excluding carboxylic acids is 1. The number of aromatic amines is 1. The Morgan fingerprint density at radius 3 is 2.56 bits per heavy atom. The molecule has 2 aromatic carbocycles. The van der Waals surface area contributed by atoms with Gasteiger partial charge in [-0.2, -0.15) is 0 Å². The number of anilines is 1. The minimum Gasteiger partial charge on any atom is -0.322 e. The van der Waals surface area contributed by atoms with Crippen LogP contribution in [-0.4, -0.2) is 15.5 Å². The number of halogens is 2. The zero-order valence-corrected chi connectivity index (χ0v) is 16.8. The maximum absolute atomic E-state index is 12.5. The van der Waals surface area contributed by atoms with E-state index >= 15 is 0 Å². The van der Waals surface area contributed by atoms with Crippen molar-refractivity contribution in [1.29, 1.82) is 0 Å². The van der Waals surface area contributed by atoms with E-state index in [2.05, 4.69) is 26.2 Å². The van der Waals surface area contributed by atoms with Gasteiger partial charge in [-0.15, -0.1) is 0 Å². The average Bonchev–Trinajstić information content (AvgIpc) is 2.64. The molecule has 0 unspecified atom stereocenters. The molecule has 1 amide bonds. The van der Waals surface area contributed by atoms with E-state index < -0.39 is 17.2 Å². The molecule has 3 rings (SSSR count). The number of benzene rings is 2. The number of hydrogen-bond acceptors (Lipinski definition) is 3. The molecule has 0 spiro atoms. The van der Waals surface area contributed by atoms with Gasteiger partial charge in [-0.1, -0.05) is 35.9 Å². The molecule has 6 nitrogen and oxygen atoms in total. The first kappa shape index (κ1) is 19.1. The Morgan fingerprint density at radius 1 is 1.15 bits per heavy atom. The van der Waals surface area contributed by atoms with Crippen LogP contribution >= 0.6 is 27.5 Å². The summed E-state index contributed by atoms with van der Waals surface area (Å²) in [4.78, 5) is 38.5. The molecule has 0 atom stereocenters. The summed E-state index contributed by atoms with van der Waals surface area (Å²) in [5, 5.41) is 3.30. The largest absolute Gasteiger partial charge is 0.328 e. The Kier molecular flexibility index (Phi) is 5.34. The fraction of sp³-hybridized carbons (Fsp3) is 0.105. The van der Waals surface area contributed by atoms with Crippen molar-refractivity contribution in [3.8, 4) is 11.1 Å². The van der Waals surface area contributed by atoms with E-state index in [4.69, 9.17) is 11.6 Å². The molecule has 3 aromatic rings. The summed E-state index contributed by atoms with van der Waals surface area (Å²) in [6.07, 6.45) is 1.12. The van der Waals surface area contributed by atoms with Gasteiger partial charge in [-0.3, -0.25) is 14.2 Å². The highest BCUT2D eigenvalue weighted by Crippen LogP contribution is 2.37. The van der Waals surface area contributed by atoms with Crippen LogP contribution < -0.4 is 16.6 Å². The molecule has 27 heavy (non-hydrogen) atoms. The maximum atomic E-state index is 12.5. The molecule has 0 radical (unpaired) electrons. The maximum Gasteiger partial charge on any atom is 0.328 e. The number of H-pyrrole nitrogens is 1. The predicted molar refractivity (Wildman–Crippen MR) is 110 cm³/mol. The quantitative estimate of drug-likeness (QED) is 0.640. The fourth-order valence-corrected chi connectivity index (χ4v) is 3.29. The summed E-state index contributed by atoms with van der Waals surface area (Å²) in [7, 11) is 1.30. The zero-order chi connectivity index (χ0) is 19.7. The number of nitrogens with zero attached hydrogens (tertiary/aromatic N) is 1. The molecule has 0 aliphatic heterocycles. The van der Waals surface area contributed by atoms with Crippen LogP contribution in [0, 0.1) is 6.92 Å². The van der Waals surface area contributed by atoms with Crippen LogP contribution in [0.25, 0.3) is 11.1 Å². The summed E-state index contributed by atoms with van der Waals surface area (Å²) in [6.45, 7) is 1.85. The van der Waals surface area contributed by atoms with Crippen LogP contribution in [0.5, 0.6) is 0 Å². The summed E-state index contributed by atoms with van der Waals surface area (Å²) in [5.74, 6) is -0.604. The van der Waals surface area contributed by atoms with Crippen LogP contribution in [-0.2, 0) is 7.05 Å². The molecule has 2 N–H and O–H groups in total. The summed E-state index contributed by atoms with van der Waals surface area (Å²) in [6, 6.07) is 11.0. The van der Waals surface area contributed by atoms with E-state index in [1.54, 1.807) is 12.1 Å². The van der Waals surface area contributed by atoms with E-state index in [-0.39, 0.29) is 5.56 Å². The minimum atomic E-state index is -0.667. The average molecular weight is 449 g/mol. The summed E-state index contributed by atoms with van der Waals surface area (Å²) < 4.78 is 1.62. The SMILES string of the molecule is Cc1c(NC(=O)c2c[nH]c(=O)n(C)c2=O)cccc1-c1cccc(Br)c1Cl. The van der Waals surface area contributed by atoms with Crippen molar-refractivity contribution >= 4 is 39.1 Å². The van der Waals surface area contributed by atoms with Crippen LogP contribution in [0.1, 0.15) is 15.9 Å². The topological polar surface area (TPSA) is 84.0 Å². The molecule has 0 aliphatic rings. The molecule has 1 aromatic heterocycles. The Hall–Kier alpha value is -2.64. The number of carbonyl (C=O) groups is 1. The minimum absolute atomic E-state index is 0.151. The molecule has 0 saturated heterocycles. The lowest BCUT2D eigenvalue weighted by molar-refractivity contribution is 0.102. The first-order chi connectivity index (χ1) is 12.8. The number of hydrogen-bond donors (Lipinski definition) is 2. The van der Waals surface area contributed by atoms with Crippen LogP contribution in [0.3, 0.4) is 0 Å². The van der Waals surface area contributed by atoms with Gasteiger partial charge in [0.1, 0.15) is 5.56 Å². The second-order valence-electron chi connectivity index (χ2n) is 5.91. The van der Waals surface area contributed by atoms with Crippen molar-refractivity contribution in [2.24, 2.45) is 7.05 Å². The molecular formula is C19H15BrClN3O3. The highest BCUT2D eigenvalue weighted by atomic mass is 79.9. The smallest absolute Gasteiger partial charge is 0.322 e.